The summed E-state index contributed by atoms with van der Waals surface area (Å²) in [5.41, 5.74) is 3.86. The number of amides is 1. The Morgan fingerprint density at radius 3 is 2.50 bits per heavy atom. The Morgan fingerprint density at radius 1 is 1.03 bits per heavy atom. The van der Waals surface area contributed by atoms with Gasteiger partial charge in [-0.2, -0.15) is 0 Å². The van der Waals surface area contributed by atoms with Gasteiger partial charge in [-0.25, -0.2) is 0 Å². The van der Waals surface area contributed by atoms with Crippen molar-refractivity contribution in [1.29, 1.82) is 0 Å². The highest BCUT2D eigenvalue weighted by Crippen LogP contribution is 2.37. The summed E-state index contributed by atoms with van der Waals surface area (Å²) in [6.07, 6.45) is 0. The molecule has 0 atom stereocenters. The van der Waals surface area contributed by atoms with Crippen molar-refractivity contribution in [2.75, 3.05) is 19.4 Å². The SMILES string of the molecule is COc1ccc(C(=O)NCCSc2c(-c3ccc(Cl)cc3)[nH]c3ccccc23)cc1. The molecular weight excluding hydrogens is 416 g/mol. The molecular formula is C24H21ClN2O2S. The molecule has 0 aliphatic rings. The summed E-state index contributed by atoms with van der Waals surface area (Å²) in [7, 11) is 1.61. The van der Waals surface area contributed by atoms with Gasteiger partial charge in [0.2, 0.25) is 0 Å². The number of carbonyl (C=O) groups is 1. The number of rotatable bonds is 7. The van der Waals surface area contributed by atoms with Crippen LogP contribution in [0.15, 0.2) is 77.7 Å². The zero-order chi connectivity index (χ0) is 20.9. The first-order chi connectivity index (χ1) is 14.7. The third-order valence-electron chi connectivity index (χ3n) is 4.78. The van der Waals surface area contributed by atoms with Crippen LogP contribution in [-0.4, -0.2) is 30.3 Å². The van der Waals surface area contributed by atoms with Crippen LogP contribution in [0.5, 0.6) is 5.75 Å². The first kappa shape index (κ1) is 20.4. The van der Waals surface area contributed by atoms with Crippen LogP contribution in [0.25, 0.3) is 22.2 Å². The Labute approximate surface area is 184 Å². The van der Waals surface area contributed by atoms with Crippen molar-refractivity contribution in [3.05, 3.63) is 83.4 Å². The predicted octanol–water partition coefficient (Wildman–Crippen LogP) is 6.02. The molecule has 30 heavy (non-hydrogen) atoms. The van der Waals surface area contributed by atoms with E-state index in [0.29, 0.717) is 17.1 Å². The molecule has 1 heterocycles. The highest BCUT2D eigenvalue weighted by molar-refractivity contribution is 7.99. The number of benzene rings is 3. The molecule has 2 N–H and O–H groups in total. The van der Waals surface area contributed by atoms with Gasteiger partial charge >= 0.3 is 0 Å². The molecule has 0 aliphatic carbocycles. The number of aromatic nitrogens is 1. The van der Waals surface area contributed by atoms with Crippen LogP contribution in [-0.2, 0) is 0 Å². The van der Waals surface area contributed by atoms with E-state index in [4.69, 9.17) is 16.3 Å². The van der Waals surface area contributed by atoms with Gasteiger partial charge in [-0.3, -0.25) is 4.79 Å². The van der Waals surface area contributed by atoms with Crippen LogP contribution in [0.1, 0.15) is 10.4 Å². The summed E-state index contributed by atoms with van der Waals surface area (Å²) >= 11 is 7.78. The van der Waals surface area contributed by atoms with Gasteiger partial charge in [0.05, 0.1) is 12.8 Å². The molecule has 152 valence electrons. The molecule has 0 fully saturated rings. The second kappa shape index (κ2) is 9.28. The molecule has 0 unspecified atom stereocenters. The molecule has 3 aromatic carbocycles. The monoisotopic (exact) mass is 436 g/mol. The quantitative estimate of drug-likeness (QED) is 0.275. The molecule has 0 saturated heterocycles. The first-order valence-corrected chi connectivity index (χ1v) is 10.9. The minimum Gasteiger partial charge on any atom is -0.497 e. The number of nitrogens with one attached hydrogen (secondary N) is 2. The molecule has 0 spiro atoms. The molecule has 0 saturated carbocycles. The van der Waals surface area contributed by atoms with Crippen LogP contribution in [0.3, 0.4) is 0 Å². The Balaban J connectivity index is 1.46. The number of aromatic amines is 1. The summed E-state index contributed by atoms with van der Waals surface area (Å²) in [6.45, 7) is 0.565. The number of H-pyrrole nitrogens is 1. The van der Waals surface area contributed by atoms with Crippen LogP contribution in [0, 0.1) is 0 Å². The fourth-order valence-electron chi connectivity index (χ4n) is 3.25. The number of hydrogen-bond donors (Lipinski definition) is 2. The largest absolute Gasteiger partial charge is 0.497 e. The minimum absolute atomic E-state index is 0.0879. The number of fused-ring (bicyclic) bond motifs is 1. The number of halogens is 1. The van der Waals surface area contributed by atoms with Crippen molar-refractivity contribution < 1.29 is 9.53 Å². The summed E-state index contributed by atoms with van der Waals surface area (Å²) in [5, 5.41) is 4.87. The highest BCUT2D eigenvalue weighted by Gasteiger charge is 2.14. The molecule has 4 aromatic rings. The van der Waals surface area contributed by atoms with Gasteiger partial charge in [0.15, 0.2) is 0 Å². The van der Waals surface area contributed by atoms with Crippen molar-refractivity contribution in [3.63, 3.8) is 0 Å². The minimum atomic E-state index is -0.0879. The van der Waals surface area contributed by atoms with Gasteiger partial charge in [0.25, 0.3) is 5.91 Å². The number of ether oxygens (including phenoxy) is 1. The number of para-hydroxylation sites is 1. The predicted molar refractivity (Wildman–Crippen MR) is 125 cm³/mol. The van der Waals surface area contributed by atoms with Crippen LogP contribution in [0.2, 0.25) is 5.02 Å². The topological polar surface area (TPSA) is 54.1 Å². The average Bonchev–Trinajstić information content (AvgIpc) is 3.15. The highest BCUT2D eigenvalue weighted by atomic mass is 35.5. The Bertz CT molecular complexity index is 1150. The smallest absolute Gasteiger partial charge is 0.251 e. The van der Waals surface area contributed by atoms with Gasteiger partial charge in [0, 0.05) is 38.7 Å². The summed E-state index contributed by atoms with van der Waals surface area (Å²) < 4.78 is 5.13. The normalized spacial score (nSPS) is 10.9. The van der Waals surface area contributed by atoms with E-state index in [2.05, 4.69) is 22.4 Å². The van der Waals surface area contributed by atoms with Crippen LogP contribution >= 0.6 is 23.4 Å². The van der Waals surface area contributed by atoms with Crippen molar-refractivity contribution in [3.8, 4) is 17.0 Å². The van der Waals surface area contributed by atoms with Crippen molar-refractivity contribution >= 4 is 40.2 Å². The lowest BCUT2D eigenvalue weighted by Gasteiger charge is -2.08. The van der Waals surface area contributed by atoms with E-state index in [-0.39, 0.29) is 5.91 Å². The molecule has 4 rings (SSSR count). The lowest BCUT2D eigenvalue weighted by atomic mass is 10.1. The second-order valence-corrected chi connectivity index (χ2v) is 8.26. The van der Waals surface area contributed by atoms with E-state index < -0.39 is 0 Å². The van der Waals surface area contributed by atoms with Crippen LogP contribution in [0.4, 0.5) is 0 Å². The van der Waals surface area contributed by atoms with Gasteiger partial charge in [-0.05, 0) is 48.0 Å². The van der Waals surface area contributed by atoms with E-state index in [1.165, 1.54) is 10.3 Å². The lowest BCUT2D eigenvalue weighted by Crippen LogP contribution is -2.25. The lowest BCUT2D eigenvalue weighted by molar-refractivity contribution is 0.0956. The number of carbonyl (C=O) groups excluding carboxylic acids is 1. The van der Waals surface area contributed by atoms with Gasteiger partial charge < -0.3 is 15.0 Å². The van der Waals surface area contributed by atoms with E-state index in [1.807, 2.05) is 36.4 Å². The molecule has 1 aromatic heterocycles. The Morgan fingerprint density at radius 2 is 1.77 bits per heavy atom. The zero-order valence-corrected chi connectivity index (χ0v) is 18.0. The van der Waals surface area contributed by atoms with Gasteiger partial charge in [-0.1, -0.05) is 41.9 Å². The van der Waals surface area contributed by atoms with Crippen LogP contribution < -0.4 is 10.1 Å². The van der Waals surface area contributed by atoms with Crippen molar-refractivity contribution in [1.82, 2.24) is 10.3 Å². The maximum atomic E-state index is 12.4. The first-order valence-electron chi connectivity index (χ1n) is 9.57. The Kier molecular flexibility index (Phi) is 6.31. The standard InChI is InChI=1S/C24H21ClN2O2S/c1-29-19-12-8-17(9-13-19)24(28)26-14-15-30-23-20-4-2-3-5-21(20)27-22(23)16-6-10-18(25)11-7-16/h2-13,27H,14-15H2,1H3,(H,26,28). The van der Waals surface area contributed by atoms with Gasteiger partial charge in [0.1, 0.15) is 5.75 Å². The Hall–Kier alpha value is -2.89. The van der Waals surface area contributed by atoms with Crippen molar-refractivity contribution in [2.24, 2.45) is 0 Å². The maximum Gasteiger partial charge on any atom is 0.251 e. The average molecular weight is 437 g/mol. The van der Waals surface area contributed by atoms with E-state index in [1.54, 1.807) is 43.1 Å². The molecule has 4 nitrogen and oxygen atoms in total. The molecule has 0 aliphatic heterocycles. The van der Waals surface area contributed by atoms with Gasteiger partial charge in [-0.15, -0.1) is 11.8 Å². The van der Waals surface area contributed by atoms with E-state index >= 15 is 0 Å². The van der Waals surface area contributed by atoms with Crippen molar-refractivity contribution in [2.45, 2.75) is 4.90 Å². The number of hydrogen-bond acceptors (Lipinski definition) is 3. The van der Waals surface area contributed by atoms with E-state index in [9.17, 15) is 4.79 Å². The maximum absolute atomic E-state index is 12.4. The molecule has 0 bridgehead atoms. The number of thioether (sulfide) groups is 1. The van der Waals surface area contributed by atoms with E-state index in [0.717, 1.165) is 28.3 Å². The second-order valence-electron chi connectivity index (χ2n) is 6.71. The summed E-state index contributed by atoms with van der Waals surface area (Å²) in [5.74, 6) is 1.40. The fourth-order valence-corrected chi connectivity index (χ4v) is 4.43. The molecule has 1 amide bonds. The third-order valence-corrected chi connectivity index (χ3v) is 6.15. The molecule has 6 heteroatoms. The number of methoxy groups -OCH3 is 1. The summed E-state index contributed by atoms with van der Waals surface area (Å²) in [6, 6.07) is 23.2. The molecule has 0 radical (unpaired) electrons. The third kappa shape index (κ3) is 4.48. The zero-order valence-electron chi connectivity index (χ0n) is 16.4. The summed E-state index contributed by atoms with van der Waals surface area (Å²) in [4.78, 5) is 17.1. The fraction of sp³-hybridized carbons (Fsp3) is 0.125.